The van der Waals surface area contributed by atoms with E-state index in [-0.39, 0.29) is 35.2 Å². The molecule has 2 saturated heterocycles. The van der Waals surface area contributed by atoms with E-state index >= 15 is 0 Å². The number of thioether (sulfide) groups is 1. The third-order valence-electron chi connectivity index (χ3n) is 8.50. The number of carbonyl (C=O) groups excluding carboxylic acids is 3. The van der Waals surface area contributed by atoms with Gasteiger partial charge in [0.25, 0.3) is 11.6 Å². The highest BCUT2D eigenvalue weighted by molar-refractivity contribution is 8.18. The van der Waals surface area contributed by atoms with Crippen molar-refractivity contribution in [2.45, 2.75) is 48.8 Å². The predicted molar refractivity (Wildman–Crippen MR) is 182 cm³/mol. The average Bonchev–Trinajstić information content (AvgIpc) is 3.67. The first kappa shape index (κ1) is 30.3. The van der Waals surface area contributed by atoms with Crippen LogP contribution in [-0.4, -0.2) is 32.8 Å². The number of amidine groups is 1. The van der Waals surface area contributed by atoms with Crippen LogP contribution in [0.5, 0.6) is 0 Å². The van der Waals surface area contributed by atoms with E-state index in [0.29, 0.717) is 36.1 Å². The van der Waals surface area contributed by atoms with Crippen LogP contribution in [0.2, 0.25) is 0 Å². The van der Waals surface area contributed by atoms with Gasteiger partial charge >= 0.3 is 0 Å². The number of rotatable bonds is 6. The van der Waals surface area contributed by atoms with Crippen LogP contribution < -0.4 is 10.2 Å². The smallest absolute Gasteiger partial charge is 0.283 e. The van der Waals surface area contributed by atoms with Gasteiger partial charge in [0.1, 0.15) is 0 Å². The number of hydrogen-bond donors (Lipinski definition) is 1. The third kappa shape index (κ3) is 5.74. The molecule has 2 aliphatic heterocycles. The summed E-state index contributed by atoms with van der Waals surface area (Å²) >= 11 is 3.70. The van der Waals surface area contributed by atoms with Gasteiger partial charge in [0.2, 0.25) is 11.8 Å². The van der Waals surface area contributed by atoms with Crippen molar-refractivity contribution in [3.8, 4) is 0 Å². The predicted octanol–water partition coefficient (Wildman–Crippen LogP) is 7.54. The molecule has 3 heterocycles. The lowest BCUT2D eigenvalue weighted by atomic mass is 9.81. The number of benzene rings is 3. The summed E-state index contributed by atoms with van der Waals surface area (Å²) in [5.74, 6) is -1.04. The van der Waals surface area contributed by atoms with Crippen molar-refractivity contribution >= 4 is 91.1 Å². The maximum atomic E-state index is 13.1. The van der Waals surface area contributed by atoms with Crippen molar-refractivity contribution in [1.29, 1.82) is 0 Å². The van der Waals surface area contributed by atoms with Gasteiger partial charge in [-0.3, -0.25) is 29.4 Å². The van der Waals surface area contributed by atoms with Gasteiger partial charge in [-0.25, -0.2) is 9.98 Å². The number of aryl methyl sites for hydroxylation is 2. The summed E-state index contributed by atoms with van der Waals surface area (Å²) in [4.78, 5) is 61.8. The van der Waals surface area contributed by atoms with Crippen molar-refractivity contribution in [3.05, 3.63) is 86.3 Å². The fourth-order valence-corrected chi connectivity index (χ4v) is 8.97. The zero-order valence-corrected chi connectivity index (χ0v) is 27.3. The van der Waals surface area contributed by atoms with Crippen molar-refractivity contribution in [2.24, 2.45) is 16.8 Å². The number of carbonyl (C=O) groups is 3. The van der Waals surface area contributed by atoms with Gasteiger partial charge in [0.05, 0.1) is 48.2 Å². The van der Waals surface area contributed by atoms with Crippen LogP contribution in [0.15, 0.2) is 73.7 Å². The number of nitro groups is 1. The van der Waals surface area contributed by atoms with E-state index in [1.54, 1.807) is 36.4 Å². The van der Waals surface area contributed by atoms with Gasteiger partial charge in [-0.05, 0) is 97.6 Å². The zero-order valence-electron chi connectivity index (χ0n) is 24.8. The second-order valence-corrected chi connectivity index (χ2v) is 14.8. The van der Waals surface area contributed by atoms with E-state index in [1.807, 2.05) is 32.0 Å². The van der Waals surface area contributed by atoms with Gasteiger partial charge < -0.3 is 5.32 Å². The Kier molecular flexibility index (Phi) is 7.99. The zero-order chi connectivity index (χ0) is 32.1. The Labute approximate surface area is 276 Å². The number of hydrogen-bond acceptors (Lipinski definition) is 10. The van der Waals surface area contributed by atoms with Crippen LogP contribution in [0.4, 0.5) is 17.1 Å². The minimum absolute atomic E-state index is 0.109. The molecule has 3 amide bonds. The van der Waals surface area contributed by atoms with Gasteiger partial charge in [-0.2, -0.15) is 0 Å². The molecule has 46 heavy (non-hydrogen) atoms. The number of nitro benzene ring substituents is 1. The molecule has 232 valence electrons. The maximum Gasteiger partial charge on any atom is 0.283 e. The Morgan fingerprint density at radius 1 is 1.00 bits per heavy atom. The monoisotopic (exact) mass is 669 g/mol. The highest BCUT2D eigenvalue weighted by Gasteiger charge is 2.48. The minimum Gasteiger partial charge on any atom is -0.300 e. The molecule has 1 saturated carbocycles. The number of nitrogens with one attached hydrogen (secondary N) is 1. The second-order valence-electron chi connectivity index (χ2n) is 11.5. The molecule has 0 unspecified atom stereocenters. The molecule has 10 nitrogen and oxygen atoms in total. The Hall–Kier alpha value is -4.33. The molecule has 1 aliphatic carbocycles. The molecule has 4 aromatic rings. The van der Waals surface area contributed by atoms with Crippen molar-refractivity contribution in [3.63, 3.8) is 0 Å². The van der Waals surface area contributed by atoms with E-state index < -0.39 is 4.92 Å². The van der Waals surface area contributed by atoms with Crippen LogP contribution >= 0.6 is 34.9 Å². The van der Waals surface area contributed by atoms with Crippen LogP contribution in [0.25, 0.3) is 16.3 Å². The summed E-state index contributed by atoms with van der Waals surface area (Å²) < 4.78 is 1.37. The fraction of sp³-hybridized carbons (Fsp3) is 0.242. The first-order valence-electron chi connectivity index (χ1n) is 14.8. The van der Waals surface area contributed by atoms with Crippen LogP contribution in [-0.2, 0) is 14.4 Å². The highest BCUT2D eigenvalue weighted by atomic mass is 32.2. The van der Waals surface area contributed by atoms with Gasteiger partial charge in [-0.15, -0.1) is 11.3 Å². The van der Waals surface area contributed by atoms with E-state index in [1.165, 1.54) is 45.8 Å². The molecule has 3 fully saturated rings. The molecule has 2 atom stereocenters. The fourth-order valence-electron chi connectivity index (χ4n) is 5.98. The van der Waals surface area contributed by atoms with Gasteiger partial charge in [-0.1, -0.05) is 36.7 Å². The summed E-state index contributed by atoms with van der Waals surface area (Å²) in [5, 5.41) is 15.3. The lowest BCUT2D eigenvalue weighted by Gasteiger charge is -2.19. The number of aromatic nitrogens is 1. The highest BCUT2D eigenvalue weighted by Crippen LogP contribution is 2.43. The van der Waals surface area contributed by atoms with Crippen molar-refractivity contribution in [1.82, 2.24) is 10.3 Å². The Morgan fingerprint density at radius 2 is 1.76 bits per heavy atom. The van der Waals surface area contributed by atoms with Gasteiger partial charge in [0, 0.05) is 6.07 Å². The standard InChI is InChI=1S/C33H27N5O5S3/c1-17-7-9-20(13-18(17)2)34-32-36-29(39)28(44-32)15-19-8-12-26(25(14-19)38(42)43)45-33-35-24-11-10-21(16-27(24)46-33)37-30(40)22-5-3-4-6-23(22)31(37)41/h7-16,22-23H,3-6H2,1-2H3,(H,34,36,39)/b28-15-/t22-,23+. The molecule has 3 aromatic carbocycles. The van der Waals surface area contributed by atoms with Gasteiger partial charge in [0.15, 0.2) is 9.51 Å². The van der Waals surface area contributed by atoms with E-state index in [4.69, 9.17) is 0 Å². The Bertz CT molecular complexity index is 2010. The summed E-state index contributed by atoms with van der Waals surface area (Å²) in [7, 11) is 0. The molecule has 0 radical (unpaired) electrons. The number of amides is 3. The molecule has 0 spiro atoms. The molecule has 0 bridgehead atoms. The first-order chi connectivity index (χ1) is 22.1. The molecule has 3 aliphatic rings. The quantitative estimate of drug-likeness (QED) is 0.0963. The summed E-state index contributed by atoms with van der Waals surface area (Å²) in [6, 6.07) is 15.9. The molecule has 1 aromatic heterocycles. The van der Waals surface area contributed by atoms with Crippen LogP contribution in [0, 0.1) is 35.8 Å². The molecular weight excluding hydrogens is 643 g/mol. The van der Waals surface area contributed by atoms with E-state index in [2.05, 4.69) is 15.3 Å². The SMILES string of the molecule is Cc1ccc(N=C2NC(=O)/C(=C/c3ccc(Sc4nc5ccc(N6C(=O)[C@H]7CCCC[C@H]7C6=O)cc5s4)c([N+](=O)[O-])c3)S2)cc1C. The van der Waals surface area contributed by atoms with Crippen LogP contribution in [0.3, 0.4) is 0 Å². The number of thiazole rings is 1. The number of aliphatic imine (C=N–C) groups is 1. The molecule has 1 N–H and O–H groups in total. The molecule has 7 rings (SSSR count). The lowest BCUT2D eigenvalue weighted by molar-refractivity contribution is -0.387. The summed E-state index contributed by atoms with van der Waals surface area (Å²) in [5.41, 5.74) is 4.60. The lowest BCUT2D eigenvalue weighted by Crippen LogP contribution is -2.30. The Balaban J connectivity index is 1.11. The number of nitrogens with zero attached hydrogens (tertiary/aromatic N) is 4. The number of anilines is 1. The van der Waals surface area contributed by atoms with E-state index in [9.17, 15) is 24.5 Å². The molecule has 13 heteroatoms. The number of fused-ring (bicyclic) bond motifs is 2. The number of imide groups is 1. The maximum absolute atomic E-state index is 13.1. The summed E-state index contributed by atoms with van der Waals surface area (Å²) in [6.07, 6.45) is 5.04. The van der Waals surface area contributed by atoms with Crippen molar-refractivity contribution in [2.75, 3.05) is 4.90 Å². The Morgan fingerprint density at radius 3 is 2.48 bits per heavy atom. The summed E-state index contributed by atoms with van der Waals surface area (Å²) in [6.45, 7) is 4.02. The first-order valence-corrected chi connectivity index (χ1v) is 17.2. The average molecular weight is 670 g/mol. The molecular formula is C33H27N5O5S3. The van der Waals surface area contributed by atoms with E-state index in [0.717, 1.165) is 47.2 Å². The second kappa shape index (κ2) is 12.1. The normalized spacial score (nSPS) is 21.4. The topological polar surface area (TPSA) is 135 Å². The van der Waals surface area contributed by atoms with Crippen LogP contribution in [0.1, 0.15) is 42.4 Å². The third-order valence-corrected chi connectivity index (χ3v) is 11.6. The minimum atomic E-state index is -0.450. The largest absolute Gasteiger partial charge is 0.300 e. The van der Waals surface area contributed by atoms with Crippen molar-refractivity contribution < 1.29 is 19.3 Å².